The molecular weight excluding hydrogens is 222 g/mol. The summed E-state index contributed by atoms with van der Waals surface area (Å²) in [7, 11) is -3.28. The van der Waals surface area contributed by atoms with E-state index in [1.165, 1.54) is 0 Å². The van der Waals surface area contributed by atoms with Crippen molar-refractivity contribution in [2.45, 2.75) is 44.0 Å². The lowest BCUT2D eigenvalue weighted by Gasteiger charge is -2.23. The summed E-state index contributed by atoms with van der Waals surface area (Å²) in [6.45, 7) is 3.98. The number of hydrogen-bond acceptors (Lipinski definition) is 2. The van der Waals surface area contributed by atoms with Crippen LogP contribution in [0.1, 0.15) is 31.4 Å². The molecule has 1 aromatic rings. The zero-order valence-electron chi connectivity index (χ0n) is 9.66. The number of nitrogens with one attached hydrogen (secondary N) is 1. The van der Waals surface area contributed by atoms with E-state index < -0.39 is 10.0 Å². The van der Waals surface area contributed by atoms with E-state index in [1.54, 1.807) is 0 Å². The Morgan fingerprint density at radius 1 is 1.44 bits per heavy atom. The molecule has 0 unspecified atom stereocenters. The number of rotatable bonds is 2. The minimum Gasteiger partial charge on any atom is -0.208 e. The molecular formula is C12H17NO2S. The van der Waals surface area contributed by atoms with Crippen molar-refractivity contribution >= 4 is 10.0 Å². The number of fused-ring (bicyclic) bond motifs is 1. The van der Waals surface area contributed by atoms with Gasteiger partial charge >= 0.3 is 0 Å². The molecule has 2 rings (SSSR count). The second-order valence-corrected chi connectivity index (χ2v) is 6.10. The minimum absolute atomic E-state index is 0.00507. The molecule has 0 fully saturated rings. The first-order valence-corrected chi connectivity index (χ1v) is 7.15. The second-order valence-electron chi connectivity index (χ2n) is 4.42. The summed E-state index contributed by atoms with van der Waals surface area (Å²) < 4.78 is 26.5. The van der Waals surface area contributed by atoms with E-state index in [2.05, 4.69) is 11.6 Å². The van der Waals surface area contributed by atoms with Crippen LogP contribution in [0, 0.1) is 0 Å². The quantitative estimate of drug-likeness (QED) is 0.856. The van der Waals surface area contributed by atoms with Crippen LogP contribution in [0.5, 0.6) is 0 Å². The molecule has 1 aliphatic rings. The lowest BCUT2D eigenvalue weighted by Crippen LogP contribution is -2.39. The lowest BCUT2D eigenvalue weighted by atomic mass is 10.0. The molecule has 1 heterocycles. The van der Waals surface area contributed by atoms with E-state index >= 15 is 0 Å². The van der Waals surface area contributed by atoms with Crippen molar-refractivity contribution in [1.29, 1.82) is 0 Å². The highest BCUT2D eigenvalue weighted by Crippen LogP contribution is 2.24. The van der Waals surface area contributed by atoms with Crippen LogP contribution < -0.4 is 4.72 Å². The van der Waals surface area contributed by atoms with Gasteiger partial charge in [0.1, 0.15) is 0 Å². The zero-order valence-corrected chi connectivity index (χ0v) is 10.5. The fourth-order valence-electron chi connectivity index (χ4n) is 2.16. The Balaban J connectivity index is 2.49. The standard InChI is InChI=1S/C12H17NO2S/c1-3-4-10-5-6-11-7-9(2)13-16(14,15)12(11)8-10/h5-6,8-9,13H,3-4,7H2,1-2H3/t9-/m1/s1. The van der Waals surface area contributed by atoms with Gasteiger partial charge in [0.05, 0.1) is 4.90 Å². The van der Waals surface area contributed by atoms with Gasteiger partial charge in [-0.05, 0) is 37.0 Å². The van der Waals surface area contributed by atoms with E-state index in [0.29, 0.717) is 4.90 Å². The molecule has 0 aromatic heterocycles. The lowest BCUT2D eigenvalue weighted by molar-refractivity contribution is 0.543. The number of sulfonamides is 1. The van der Waals surface area contributed by atoms with Crippen LogP contribution in [0.15, 0.2) is 23.1 Å². The Morgan fingerprint density at radius 2 is 2.19 bits per heavy atom. The minimum atomic E-state index is -3.28. The van der Waals surface area contributed by atoms with Gasteiger partial charge in [-0.15, -0.1) is 0 Å². The molecule has 3 nitrogen and oxygen atoms in total. The Labute approximate surface area is 96.9 Å². The normalized spacial score (nSPS) is 22.8. The molecule has 0 saturated heterocycles. The molecule has 0 spiro atoms. The van der Waals surface area contributed by atoms with Crippen molar-refractivity contribution in [3.8, 4) is 0 Å². The van der Waals surface area contributed by atoms with Gasteiger partial charge in [0.25, 0.3) is 0 Å². The predicted molar refractivity (Wildman–Crippen MR) is 63.9 cm³/mol. The van der Waals surface area contributed by atoms with Gasteiger partial charge in [0.15, 0.2) is 0 Å². The van der Waals surface area contributed by atoms with Crippen molar-refractivity contribution < 1.29 is 8.42 Å². The van der Waals surface area contributed by atoms with Crippen molar-refractivity contribution in [3.05, 3.63) is 29.3 Å². The maximum absolute atomic E-state index is 11.9. The van der Waals surface area contributed by atoms with E-state index in [0.717, 1.165) is 30.4 Å². The molecule has 0 aliphatic carbocycles. The van der Waals surface area contributed by atoms with Gasteiger partial charge in [-0.1, -0.05) is 25.5 Å². The molecule has 1 aliphatic heterocycles. The summed E-state index contributed by atoms with van der Waals surface area (Å²) in [5.41, 5.74) is 2.03. The van der Waals surface area contributed by atoms with Gasteiger partial charge in [0.2, 0.25) is 10.0 Å². The smallest absolute Gasteiger partial charge is 0.208 e. The van der Waals surface area contributed by atoms with E-state index in [1.807, 2.05) is 25.1 Å². The van der Waals surface area contributed by atoms with Crippen LogP contribution in [0.2, 0.25) is 0 Å². The Hall–Kier alpha value is -0.870. The fraction of sp³-hybridized carbons (Fsp3) is 0.500. The van der Waals surface area contributed by atoms with Crippen molar-refractivity contribution in [1.82, 2.24) is 4.72 Å². The molecule has 88 valence electrons. The topological polar surface area (TPSA) is 46.2 Å². The second kappa shape index (κ2) is 4.18. The molecule has 0 bridgehead atoms. The predicted octanol–water partition coefficient (Wildman–Crippen LogP) is 1.86. The van der Waals surface area contributed by atoms with Gasteiger partial charge < -0.3 is 0 Å². The number of benzene rings is 1. The molecule has 4 heteroatoms. The van der Waals surface area contributed by atoms with Crippen LogP contribution in [0.3, 0.4) is 0 Å². The third kappa shape index (κ3) is 2.13. The summed E-state index contributed by atoms with van der Waals surface area (Å²) in [6.07, 6.45) is 2.74. The largest absolute Gasteiger partial charge is 0.241 e. The fourth-order valence-corrected chi connectivity index (χ4v) is 3.70. The van der Waals surface area contributed by atoms with Crippen LogP contribution in [-0.2, 0) is 22.9 Å². The van der Waals surface area contributed by atoms with Crippen LogP contribution >= 0.6 is 0 Å². The molecule has 1 aromatic carbocycles. The first-order chi connectivity index (χ1) is 7.53. The highest BCUT2D eigenvalue weighted by atomic mass is 32.2. The summed E-state index contributed by atoms with van der Waals surface area (Å²) in [6, 6.07) is 5.80. The third-order valence-corrected chi connectivity index (χ3v) is 4.51. The van der Waals surface area contributed by atoms with Crippen molar-refractivity contribution in [2.24, 2.45) is 0 Å². The number of aryl methyl sites for hydroxylation is 1. The summed E-state index contributed by atoms with van der Waals surface area (Å²) >= 11 is 0. The van der Waals surface area contributed by atoms with Gasteiger partial charge in [-0.3, -0.25) is 0 Å². The maximum Gasteiger partial charge on any atom is 0.241 e. The van der Waals surface area contributed by atoms with Crippen LogP contribution in [-0.4, -0.2) is 14.5 Å². The van der Waals surface area contributed by atoms with E-state index in [4.69, 9.17) is 0 Å². The SMILES string of the molecule is CCCc1ccc2c(c1)S(=O)(=O)N[C@H](C)C2. The Morgan fingerprint density at radius 3 is 2.88 bits per heavy atom. The van der Waals surface area contributed by atoms with Crippen molar-refractivity contribution in [3.63, 3.8) is 0 Å². The van der Waals surface area contributed by atoms with E-state index in [-0.39, 0.29) is 6.04 Å². The highest BCUT2D eigenvalue weighted by molar-refractivity contribution is 7.89. The van der Waals surface area contributed by atoms with E-state index in [9.17, 15) is 8.42 Å². The number of hydrogen-bond donors (Lipinski definition) is 1. The maximum atomic E-state index is 11.9. The van der Waals surface area contributed by atoms with Crippen molar-refractivity contribution in [2.75, 3.05) is 0 Å². The summed E-state index contributed by atoms with van der Waals surface area (Å²) in [5.74, 6) is 0. The highest BCUT2D eigenvalue weighted by Gasteiger charge is 2.27. The average Bonchev–Trinajstić information content (AvgIpc) is 2.18. The molecule has 1 N–H and O–H groups in total. The van der Waals surface area contributed by atoms with Gasteiger partial charge in [-0.2, -0.15) is 0 Å². The first kappa shape index (κ1) is 11.6. The summed E-state index contributed by atoms with van der Waals surface area (Å²) in [5, 5.41) is 0. The third-order valence-electron chi connectivity index (χ3n) is 2.84. The Bertz CT molecular complexity index is 494. The van der Waals surface area contributed by atoms with Crippen LogP contribution in [0.4, 0.5) is 0 Å². The Kier molecular flexibility index (Phi) is 3.04. The zero-order chi connectivity index (χ0) is 11.8. The average molecular weight is 239 g/mol. The first-order valence-electron chi connectivity index (χ1n) is 5.67. The van der Waals surface area contributed by atoms with Gasteiger partial charge in [-0.25, -0.2) is 13.1 Å². The molecule has 0 radical (unpaired) electrons. The summed E-state index contributed by atoms with van der Waals surface area (Å²) in [4.78, 5) is 0.469. The van der Waals surface area contributed by atoms with Crippen LogP contribution in [0.25, 0.3) is 0 Å². The molecule has 16 heavy (non-hydrogen) atoms. The molecule has 1 atom stereocenters. The molecule has 0 amide bonds. The monoisotopic (exact) mass is 239 g/mol. The molecule has 0 saturated carbocycles. The van der Waals surface area contributed by atoms with Gasteiger partial charge in [0, 0.05) is 6.04 Å².